The SMILES string of the molecule is NC1CCCCN(N2CCCCC2)C1=O. The molecule has 4 nitrogen and oxygen atoms in total. The molecular weight excluding hydrogens is 190 g/mol. The van der Waals surface area contributed by atoms with E-state index in [4.69, 9.17) is 5.73 Å². The lowest BCUT2D eigenvalue weighted by Crippen LogP contribution is -2.53. The van der Waals surface area contributed by atoms with E-state index in [9.17, 15) is 4.79 Å². The van der Waals surface area contributed by atoms with Crippen molar-refractivity contribution in [2.24, 2.45) is 5.73 Å². The van der Waals surface area contributed by atoms with Crippen LogP contribution in [0.5, 0.6) is 0 Å². The fraction of sp³-hybridized carbons (Fsp3) is 0.909. The fourth-order valence-electron chi connectivity index (χ4n) is 2.45. The Labute approximate surface area is 91.4 Å². The molecule has 2 aliphatic heterocycles. The van der Waals surface area contributed by atoms with E-state index >= 15 is 0 Å². The number of nitrogens with zero attached hydrogens (tertiary/aromatic N) is 2. The van der Waals surface area contributed by atoms with Crippen molar-refractivity contribution < 1.29 is 4.79 Å². The van der Waals surface area contributed by atoms with Crippen LogP contribution in [0.15, 0.2) is 0 Å². The van der Waals surface area contributed by atoms with Crippen molar-refractivity contribution in [3.05, 3.63) is 0 Å². The second-order valence-electron chi connectivity index (χ2n) is 4.58. The second kappa shape index (κ2) is 4.94. The van der Waals surface area contributed by atoms with E-state index in [-0.39, 0.29) is 11.9 Å². The summed E-state index contributed by atoms with van der Waals surface area (Å²) in [6.45, 7) is 2.92. The molecule has 1 unspecified atom stereocenters. The Morgan fingerprint density at radius 3 is 2.40 bits per heavy atom. The number of hydrogen-bond donors (Lipinski definition) is 1. The molecule has 0 aliphatic carbocycles. The van der Waals surface area contributed by atoms with Crippen molar-refractivity contribution >= 4 is 5.91 Å². The third-order valence-corrected chi connectivity index (χ3v) is 3.38. The van der Waals surface area contributed by atoms with E-state index < -0.39 is 0 Å². The van der Waals surface area contributed by atoms with Gasteiger partial charge < -0.3 is 5.73 Å². The van der Waals surface area contributed by atoms with E-state index in [0.29, 0.717) is 0 Å². The Hall–Kier alpha value is -0.610. The number of piperidine rings is 1. The number of amides is 1. The van der Waals surface area contributed by atoms with Crippen LogP contribution in [0, 0.1) is 0 Å². The summed E-state index contributed by atoms with van der Waals surface area (Å²) in [6.07, 6.45) is 6.74. The first-order chi connectivity index (χ1) is 7.29. The van der Waals surface area contributed by atoms with Gasteiger partial charge in [0.05, 0.1) is 6.04 Å². The lowest BCUT2D eigenvalue weighted by atomic mass is 10.1. The zero-order chi connectivity index (χ0) is 10.7. The molecule has 2 aliphatic rings. The molecule has 0 saturated carbocycles. The van der Waals surface area contributed by atoms with E-state index in [1.807, 2.05) is 5.01 Å². The van der Waals surface area contributed by atoms with Crippen molar-refractivity contribution in [1.29, 1.82) is 0 Å². The Morgan fingerprint density at radius 1 is 1.00 bits per heavy atom. The summed E-state index contributed by atoms with van der Waals surface area (Å²) < 4.78 is 0. The van der Waals surface area contributed by atoms with Gasteiger partial charge in [0.15, 0.2) is 0 Å². The van der Waals surface area contributed by atoms with Gasteiger partial charge in [-0.15, -0.1) is 0 Å². The smallest absolute Gasteiger partial charge is 0.253 e. The highest BCUT2D eigenvalue weighted by molar-refractivity contribution is 5.81. The van der Waals surface area contributed by atoms with Crippen molar-refractivity contribution in [3.63, 3.8) is 0 Å². The zero-order valence-corrected chi connectivity index (χ0v) is 9.32. The quantitative estimate of drug-likeness (QED) is 0.695. The van der Waals surface area contributed by atoms with Gasteiger partial charge >= 0.3 is 0 Å². The minimum atomic E-state index is -0.269. The van der Waals surface area contributed by atoms with Gasteiger partial charge in [0.2, 0.25) is 0 Å². The lowest BCUT2D eigenvalue weighted by Gasteiger charge is -2.37. The summed E-state index contributed by atoms with van der Waals surface area (Å²) in [4.78, 5) is 12.0. The first kappa shape index (κ1) is 10.9. The molecule has 2 fully saturated rings. The van der Waals surface area contributed by atoms with Gasteiger partial charge in [0.25, 0.3) is 5.91 Å². The minimum absolute atomic E-state index is 0.134. The summed E-state index contributed by atoms with van der Waals surface area (Å²) in [5.74, 6) is 0.134. The molecule has 4 heteroatoms. The summed E-state index contributed by atoms with van der Waals surface area (Å²) in [6, 6.07) is -0.269. The Morgan fingerprint density at radius 2 is 1.67 bits per heavy atom. The van der Waals surface area contributed by atoms with Crippen LogP contribution in [-0.4, -0.2) is 41.6 Å². The van der Waals surface area contributed by atoms with Crippen LogP contribution in [0.3, 0.4) is 0 Å². The van der Waals surface area contributed by atoms with Crippen LogP contribution in [-0.2, 0) is 4.79 Å². The highest BCUT2D eigenvalue weighted by Crippen LogP contribution is 2.17. The molecule has 2 heterocycles. The third-order valence-electron chi connectivity index (χ3n) is 3.38. The molecule has 0 radical (unpaired) electrons. The summed E-state index contributed by atoms with van der Waals surface area (Å²) >= 11 is 0. The van der Waals surface area contributed by atoms with E-state index in [2.05, 4.69) is 5.01 Å². The summed E-state index contributed by atoms with van der Waals surface area (Å²) in [5.41, 5.74) is 5.86. The average Bonchev–Trinajstić information content (AvgIpc) is 2.44. The highest BCUT2D eigenvalue weighted by Gasteiger charge is 2.28. The number of hydrogen-bond acceptors (Lipinski definition) is 3. The van der Waals surface area contributed by atoms with E-state index in [1.165, 1.54) is 19.3 Å². The van der Waals surface area contributed by atoms with Crippen LogP contribution in [0.1, 0.15) is 38.5 Å². The molecule has 0 bridgehead atoms. The maximum absolute atomic E-state index is 12.0. The van der Waals surface area contributed by atoms with Crippen molar-refractivity contribution in [1.82, 2.24) is 10.0 Å². The molecule has 1 amide bonds. The number of hydrazine groups is 1. The van der Waals surface area contributed by atoms with Gasteiger partial charge in [-0.3, -0.25) is 9.80 Å². The van der Waals surface area contributed by atoms with Crippen LogP contribution in [0.4, 0.5) is 0 Å². The largest absolute Gasteiger partial charge is 0.320 e. The molecular formula is C11H21N3O. The number of carbonyl (C=O) groups excluding carboxylic acids is 1. The lowest BCUT2D eigenvalue weighted by molar-refractivity contribution is -0.151. The Bertz CT molecular complexity index is 226. The predicted molar refractivity (Wildman–Crippen MR) is 59.0 cm³/mol. The Balaban J connectivity index is 2.00. The molecule has 2 saturated heterocycles. The molecule has 0 aromatic heterocycles. The standard InChI is InChI=1S/C11H21N3O/c12-10-6-2-5-9-14(11(10)15)13-7-3-1-4-8-13/h10H,1-9,12H2. The molecule has 86 valence electrons. The van der Waals surface area contributed by atoms with E-state index in [0.717, 1.165) is 38.9 Å². The van der Waals surface area contributed by atoms with Gasteiger partial charge in [-0.2, -0.15) is 0 Å². The molecule has 2 N–H and O–H groups in total. The number of rotatable bonds is 1. The third kappa shape index (κ3) is 2.49. The first-order valence-corrected chi connectivity index (χ1v) is 6.11. The monoisotopic (exact) mass is 211 g/mol. The van der Waals surface area contributed by atoms with Crippen LogP contribution in [0.2, 0.25) is 0 Å². The first-order valence-electron chi connectivity index (χ1n) is 6.11. The predicted octanol–water partition coefficient (Wildman–Crippen LogP) is 0.727. The fourth-order valence-corrected chi connectivity index (χ4v) is 2.45. The zero-order valence-electron chi connectivity index (χ0n) is 9.32. The van der Waals surface area contributed by atoms with Gasteiger partial charge in [0.1, 0.15) is 0 Å². The van der Waals surface area contributed by atoms with Gasteiger partial charge in [-0.25, -0.2) is 5.01 Å². The second-order valence-corrected chi connectivity index (χ2v) is 4.58. The highest BCUT2D eigenvalue weighted by atomic mass is 16.2. The minimum Gasteiger partial charge on any atom is -0.320 e. The Kier molecular flexibility index (Phi) is 3.59. The maximum Gasteiger partial charge on any atom is 0.253 e. The van der Waals surface area contributed by atoms with Crippen LogP contribution < -0.4 is 5.73 Å². The van der Waals surface area contributed by atoms with Gasteiger partial charge in [0, 0.05) is 19.6 Å². The summed E-state index contributed by atoms with van der Waals surface area (Å²) in [5, 5.41) is 4.12. The molecule has 0 aromatic rings. The summed E-state index contributed by atoms with van der Waals surface area (Å²) in [7, 11) is 0. The maximum atomic E-state index is 12.0. The van der Waals surface area contributed by atoms with Crippen LogP contribution >= 0.6 is 0 Å². The van der Waals surface area contributed by atoms with Gasteiger partial charge in [-0.1, -0.05) is 6.42 Å². The molecule has 2 rings (SSSR count). The van der Waals surface area contributed by atoms with Crippen LogP contribution in [0.25, 0.3) is 0 Å². The van der Waals surface area contributed by atoms with Gasteiger partial charge in [-0.05, 0) is 32.1 Å². The normalized spacial score (nSPS) is 30.3. The topological polar surface area (TPSA) is 49.6 Å². The molecule has 0 spiro atoms. The van der Waals surface area contributed by atoms with Crippen molar-refractivity contribution in [2.45, 2.75) is 44.6 Å². The molecule has 1 atom stereocenters. The molecule has 0 aromatic carbocycles. The van der Waals surface area contributed by atoms with Crippen molar-refractivity contribution in [2.75, 3.05) is 19.6 Å². The molecule has 15 heavy (non-hydrogen) atoms. The number of nitrogens with two attached hydrogens (primary N) is 1. The average molecular weight is 211 g/mol. The number of carbonyl (C=O) groups is 1. The van der Waals surface area contributed by atoms with E-state index in [1.54, 1.807) is 0 Å². The van der Waals surface area contributed by atoms with Crippen molar-refractivity contribution in [3.8, 4) is 0 Å².